The summed E-state index contributed by atoms with van der Waals surface area (Å²) in [6, 6.07) is 7.83. The third-order valence-electron chi connectivity index (χ3n) is 5.85. The van der Waals surface area contributed by atoms with E-state index in [1.807, 2.05) is 13.8 Å². The molecule has 10 heteroatoms. The molecule has 7 nitrogen and oxygen atoms in total. The average molecular weight is 486 g/mol. The highest BCUT2D eigenvalue weighted by atomic mass is 19.4. The largest absolute Gasteiger partial charge is 0.416 e. The minimum absolute atomic E-state index is 0.119. The van der Waals surface area contributed by atoms with Crippen molar-refractivity contribution in [1.29, 1.82) is 0 Å². The lowest BCUT2D eigenvalue weighted by Crippen LogP contribution is -2.28. The maximum absolute atomic E-state index is 13.1. The summed E-state index contributed by atoms with van der Waals surface area (Å²) in [7, 11) is 1.54. The summed E-state index contributed by atoms with van der Waals surface area (Å²) >= 11 is 0. The summed E-state index contributed by atoms with van der Waals surface area (Å²) in [5.41, 5.74) is 1.03. The fourth-order valence-corrected chi connectivity index (χ4v) is 4.17. The van der Waals surface area contributed by atoms with E-state index in [9.17, 15) is 22.8 Å². The van der Waals surface area contributed by atoms with Gasteiger partial charge in [-0.2, -0.15) is 18.3 Å². The zero-order valence-corrected chi connectivity index (χ0v) is 19.6. The van der Waals surface area contributed by atoms with E-state index in [-0.39, 0.29) is 17.1 Å². The quantitative estimate of drug-likeness (QED) is 0.519. The van der Waals surface area contributed by atoms with Gasteiger partial charge in [-0.1, -0.05) is 26.0 Å². The molecule has 0 atom stereocenters. The molecule has 1 aromatic carbocycles. The normalized spacial score (nSPS) is 15.1. The number of Topliss-reactive ketones (excluding diaryl/α,β-unsaturated/α-hetero) is 1. The monoisotopic (exact) mass is 486 g/mol. The minimum Gasteiger partial charge on any atom is -0.383 e. The zero-order chi connectivity index (χ0) is 25.4. The van der Waals surface area contributed by atoms with Crippen LogP contribution in [0.5, 0.6) is 0 Å². The number of amides is 1. The van der Waals surface area contributed by atoms with Crippen LogP contribution >= 0.6 is 0 Å². The minimum atomic E-state index is -4.46. The Labute approximate surface area is 200 Å². The number of pyridine rings is 1. The first-order chi connectivity index (χ1) is 16.5. The van der Waals surface area contributed by atoms with Gasteiger partial charge in [0.2, 0.25) is 0 Å². The number of fused-ring (bicyclic) bond motifs is 1. The number of alkyl halides is 3. The van der Waals surface area contributed by atoms with Crippen molar-refractivity contribution in [2.75, 3.05) is 20.3 Å². The van der Waals surface area contributed by atoms with Crippen molar-refractivity contribution >= 4 is 11.7 Å². The molecule has 4 rings (SSSR count). The molecule has 3 aromatic rings. The second-order valence-corrected chi connectivity index (χ2v) is 9.25. The van der Waals surface area contributed by atoms with Crippen LogP contribution in [0.15, 0.2) is 42.6 Å². The highest BCUT2D eigenvalue weighted by molar-refractivity contribution is 6.04. The summed E-state index contributed by atoms with van der Waals surface area (Å²) in [4.78, 5) is 29.8. The number of nitrogens with zero attached hydrogens (tertiary/aromatic N) is 3. The number of hydrogen-bond donors (Lipinski definition) is 1. The Hall–Kier alpha value is -3.53. The Morgan fingerprint density at radius 3 is 2.46 bits per heavy atom. The lowest BCUT2D eigenvalue weighted by molar-refractivity contribution is -0.137. The number of carbonyl (C=O) groups excluding carboxylic acids is 2. The Balaban J connectivity index is 1.74. The van der Waals surface area contributed by atoms with Gasteiger partial charge in [0.05, 0.1) is 29.0 Å². The van der Waals surface area contributed by atoms with E-state index in [4.69, 9.17) is 4.74 Å². The smallest absolute Gasteiger partial charge is 0.383 e. The Morgan fingerprint density at radius 1 is 1.14 bits per heavy atom. The third kappa shape index (κ3) is 5.12. The van der Waals surface area contributed by atoms with Crippen LogP contribution < -0.4 is 5.32 Å². The van der Waals surface area contributed by atoms with Gasteiger partial charge >= 0.3 is 6.18 Å². The van der Waals surface area contributed by atoms with Crippen LogP contribution in [0.2, 0.25) is 0 Å². The molecule has 1 N–H and O–H groups in total. The molecule has 35 heavy (non-hydrogen) atoms. The molecular weight excluding hydrogens is 461 g/mol. The molecule has 0 unspecified atom stereocenters. The van der Waals surface area contributed by atoms with Crippen LogP contribution in [0, 0.1) is 5.41 Å². The molecule has 0 aliphatic heterocycles. The van der Waals surface area contributed by atoms with E-state index >= 15 is 0 Å². The van der Waals surface area contributed by atoms with E-state index in [1.54, 1.807) is 16.8 Å². The molecule has 1 aliphatic rings. The van der Waals surface area contributed by atoms with Crippen molar-refractivity contribution in [2.24, 2.45) is 5.41 Å². The molecular formula is C25H25F3N4O3. The van der Waals surface area contributed by atoms with Gasteiger partial charge in [-0.05, 0) is 36.1 Å². The van der Waals surface area contributed by atoms with E-state index in [0.29, 0.717) is 59.9 Å². The van der Waals surface area contributed by atoms with Crippen molar-refractivity contribution in [3.8, 4) is 17.1 Å². The predicted octanol–water partition coefficient (Wildman–Crippen LogP) is 4.48. The maximum Gasteiger partial charge on any atom is 0.416 e. The number of hydrogen-bond acceptors (Lipinski definition) is 5. The van der Waals surface area contributed by atoms with E-state index in [1.165, 1.54) is 25.4 Å². The number of ketones is 1. The second kappa shape index (κ2) is 9.26. The number of nitrogens with one attached hydrogen (secondary N) is 1. The van der Waals surface area contributed by atoms with Gasteiger partial charge in [-0.3, -0.25) is 9.59 Å². The van der Waals surface area contributed by atoms with Gasteiger partial charge in [0, 0.05) is 31.8 Å². The highest BCUT2D eigenvalue weighted by Gasteiger charge is 2.37. The van der Waals surface area contributed by atoms with Gasteiger partial charge < -0.3 is 10.1 Å². The Bertz CT molecular complexity index is 1250. The van der Waals surface area contributed by atoms with Crippen LogP contribution in [0.3, 0.4) is 0 Å². The van der Waals surface area contributed by atoms with Crippen molar-refractivity contribution < 1.29 is 27.5 Å². The number of methoxy groups -OCH3 is 1. The number of aromatic nitrogens is 3. The summed E-state index contributed by atoms with van der Waals surface area (Å²) in [5, 5.41) is 7.33. The number of ether oxygens (including phenoxy) is 1. The van der Waals surface area contributed by atoms with Crippen LogP contribution in [0.25, 0.3) is 17.1 Å². The van der Waals surface area contributed by atoms with Gasteiger partial charge in [-0.15, -0.1) is 0 Å². The van der Waals surface area contributed by atoms with Gasteiger partial charge in [-0.25, -0.2) is 9.67 Å². The van der Waals surface area contributed by atoms with Gasteiger partial charge in [0.25, 0.3) is 5.91 Å². The standard InChI is InChI=1S/C25H25F3N4O3/c1-24(2)12-18-21(19(33)13-24)22(15-4-7-17(8-5-15)25(26,27)28)31-32(18)20-9-6-16(14-30-20)23(34)29-10-11-35-3/h4-9,14H,10-13H2,1-3H3,(H,29,34). The molecule has 0 saturated heterocycles. The number of halogens is 3. The number of rotatable bonds is 6. The summed E-state index contributed by atoms with van der Waals surface area (Å²) < 4.78 is 45.6. The fraction of sp³-hybridized carbons (Fsp3) is 0.360. The molecule has 2 aromatic heterocycles. The first kappa shape index (κ1) is 24.6. The van der Waals surface area contributed by atoms with E-state index < -0.39 is 11.7 Å². The molecule has 1 amide bonds. The van der Waals surface area contributed by atoms with E-state index in [2.05, 4.69) is 15.4 Å². The lowest BCUT2D eigenvalue weighted by Gasteiger charge is -2.29. The molecule has 0 radical (unpaired) electrons. The summed E-state index contributed by atoms with van der Waals surface area (Å²) in [6.07, 6.45) is -2.21. The number of benzene rings is 1. The van der Waals surface area contributed by atoms with Crippen LogP contribution in [0.1, 0.15) is 52.2 Å². The molecule has 1 aliphatic carbocycles. The van der Waals surface area contributed by atoms with Crippen molar-refractivity contribution in [3.63, 3.8) is 0 Å². The summed E-state index contributed by atoms with van der Waals surface area (Å²) in [5.74, 6) is -0.0183. The molecule has 2 heterocycles. The lowest BCUT2D eigenvalue weighted by atomic mass is 9.75. The molecule has 184 valence electrons. The van der Waals surface area contributed by atoms with Crippen molar-refractivity contribution in [3.05, 3.63) is 65.0 Å². The number of carbonyl (C=O) groups is 2. The third-order valence-corrected chi connectivity index (χ3v) is 5.85. The first-order valence-electron chi connectivity index (χ1n) is 11.1. The molecule has 0 bridgehead atoms. The van der Waals surface area contributed by atoms with Crippen molar-refractivity contribution in [1.82, 2.24) is 20.1 Å². The van der Waals surface area contributed by atoms with Gasteiger partial charge in [0.1, 0.15) is 5.69 Å². The van der Waals surface area contributed by atoms with Crippen LogP contribution in [-0.4, -0.2) is 46.7 Å². The van der Waals surface area contributed by atoms with Crippen LogP contribution in [-0.2, 0) is 17.3 Å². The average Bonchev–Trinajstić information content (AvgIpc) is 3.17. The maximum atomic E-state index is 13.1. The Kier molecular flexibility index (Phi) is 6.50. The van der Waals surface area contributed by atoms with Crippen molar-refractivity contribution in [2.45, 2.75) is 32.9 Å². The highest BCUT2D eigenvalue weighted by Crippen LogP contribution is 2.40. The summed E-state index contributed by atoms with van der Waals surface area (Å²) in [6.45, 7) is 4.69. The van der Waals surface area contributed by atoms with Crippen LogP contribution in [0.4, 0.5) is 13.2 Å². The molecule has 0 spiro atoms. The fourth-order valence-electron chi connectivity index (χ4n) is 4.17. The second-order valence-electron chi connectivity index (χ2n) is 9.25. The SMILES string of the molecule is COCCNC(=O)c1ccc(-n2nc(-c3ccc(C(F)(F)F)cc3)c3c2CC(C)(C)CC3=O)nc1. The predicted molar refractivity (Wildman–Crippen MR) is 122 cm³/mol. The molecule has 0 fully saturated rings. The zero-order valence-electron chi connectivity index (χ0n) is 19.6. The first-order valence-corrected chi connectivity index (χ1v) is 11.1. The Morgan fingerprint density at radius 2 is 1.86 bits per heavy atom. The van der Waals surface area contributed by atoms with Gasteiger partial charge in [0.15, 0.2) is 11.6 Å². The molecule has 0 saturated carbocycles. The van der Waals surface area contributed by atoms with E-state index in [0.717, 1.165) is 12.1 Å². The topological polar surface area (TPSA) is 86.1 Å².